The van der Waals surface area contributed by atoms with Crippen LogP contribution in [0.2, 0.25) is 5.02 Å². The molecule has 0 spiro atoms. The van der Waals surface area contributed by atoms with Crippen LogP contribution in [-0.2, 0) is 0 Å². The lowest BCUT2D eigenvalue weighted by Crippen LogP contribution is -2.07. The Morgan fingerprint density at radius 1 is 1.30 bits per heavy atom. The second-order valence-electron chi connectivity index (χ2n) is 5.56. The molecule has 1 unspecified atom stereocenters. The van der Waals surface area contributed by atoms with E-state index in [0.717, 1.165) is 28.1 Å². The molecule has 4 heteroatoms. The van der Waals surface area contributed by atoms with Crippen LogP contribution in [0.25, 0.3) is 0 Å². The summed E-state index contributed by atoms with van der Waals surface area (Å²) in [6.07, 6.45) is 9.06. The van der Waals surface area contributed by atoms with Crippen molar-refractivity contribution in [2.24, 2.45) is 5.92 Å². The van der Waals surface area contributed by atoms with Crippen molar-refractivity contribution in [1.82, 2.24) is 0 Å². The van der Waals surface area contributed by atoms with Gasteiger partial charge in [-0.3, -0.25) is 0 Å². The molecule has 1 aromatic rings. The molecule has 1 aliphatic carbocycles. The van der Waals surface area contributed by atoms with Crippen molar-refractivity contribution in [1.29, 1.82) is 0 Å². The van der Waals surface area contributed by atoms with Crippen LogP contribution in [0, 0.1) is 5.92 Å². The quantitative estimate of drug-likeness (QED) is 0.514. The standard InChI is InChI=1S/C16H21BrCl2O/c1-20-16-13(9-12(18)10-14(16)17)15(19)8-7-11-5-3-2-4-6-11/h9-11,15H,2-8H2,1H3. The molecule has 0 aliphatic heterocycles. The van der Waals surface area contributed by atoms with Gasteiger partial charge in [0.05, 0.1) is 17.0 Å². The fraction of sp³-hybridized carbons (Fsp3) is 0.625. The maximum Gasteiger partial charge on any atom is 0.137 e. The van der Waals surface area contributed by atoms with E-state index in [1.54, 1.807) is 7.11 Å². The molecule has 20 heavy (non-hydrogen) atoms. The highest BCUT2D eigenvalue weighted by atomic mass is 79.9. The number of rotatable bonds is 5. The van der Waals surface area contributed by atoms with Gasteiger partial charge in [-0.1, -0.05) is 43.7 Å². The molecule has 0 saturated heterocycles. The lowest BCUT2D eigenvalue weighted by Gasteiger charge is -2.23. The van der Waals surface area contributed by atoms with E-state index in [9.17, 15) is 0 Å². The zero-order valence-corrected chi connectivity index (χ0v) is 14.9. The van der Waals surface area contributed by atoms with Gasteiger partial charge in [0.2, 0.25) is 0 Å². The van der Waals surface area contributed by atoms with Crippen molar-refractivity contribution < 1.29 is 4.74 Å². The molecule has 112 valence electrons. The van der Waals surface area contributed by atoms with Gasteiger partial charge in [-0.05, 0) is 46.8 Å². The Labute approximate surface area is 140 Å². The summed E-state index contributed by atoms with van der Waals surface area (Å²) in [5.41, 5.74) is 0.990. The number of hydrogen-bond acceptors (Lipinski definition) is 1. The average Bonchev–Trinajstić information content (AvgIpc) is 2.45. The lowest BCUT2D eigenvalue weighted by molar-refractivity contribution is 0.330. The largest absolute Gasteiger partial charge is 0.495 e. The van der Waals surface area contributed by atoms with Crippen molar-refractivity contribution in [2.45, 2.75) is 50.3 Å². The van der Waals surface area contributed by atoms with E-state index >= 15 is 0 Å². The summed E-state index contributed by atoms with van der Waals surface area (Å²) in [5.74, 6) is 1.65. The van der Waals surface area contributed by atoms with Crippen molar-refractivity contribution in [2.75, 3.05) is 7.11 Å². The van der Waals surface area contributed by atoms with E-state index in [1.807, 2.05) is 12.1 Å². The molecule has 1 saturated carbocycles. The van der Waals surface area contributed by atoms with Crippen LogP contribution in [0.3, 0.4) is 0 Å². The first kappa shape index (κ1) is 16.5. The molecule has 1 aliphatic rings. The van der Waals surface area contributed by atoms with Gasteiger partial charge < -0.3 is 4.74 Å². The van der Waals surface area contributed by atoms with Crippen molar-refractivity contribution >= 4 is 39.1 Å². The fourth-order valence-electron chi connectivity index (χ4n) is 3.04. The molecule has 0 radical (unpaired) electrons. The van der Waals surface area contributed by atoms with Crippen LogP contribution in [0.15, 0.2) is 16.6 Å². The summed E-state index contributed by atoms with van der Waals surface area (Å²) in [4.78, 5) is 0. The number of halogens is 3. The SMILES string of the molecule is COc1c(Br)cc(Cl)cc1C(Cl)CCC1CCCCC1. The van der Waals surface area contributed by atoms with E-state index in [-0.39, 0.29) is 5.38 Å². The topological polar surface area (TPSA) is 9.23 Å². The minimum atomic E-state index is -0.0399. The predicted octanol–water partition coefficient (Wildman–Crippen LogP) is 6.75. The van der Waals surface area contributed by atoms with Gasteiger partial charge in [-0.25, -0.2) is 0 Å². The number of benzene rings is 1. The van der Waals surface area contributed by atoms with Gasteiger partial charge >= 0.3 is 0 Å². The molecular weight excluding hydrogens is 359 g/mol. The van der Waals surface area contributed by atoms with Crippen LogP contribution in [0.5, 0.6) is 5.75 Å². The normalized spacial score (nSPS) is 18.0. The zero-order chi connectivity index (χ0) is 14.5. The third kappa shape index (κ3) is 4.29. The van der Waals surface area contributed by atoms with E-state index < -0.39 is 0 Å². The second kappa shape index (κ2) is 7.91. The van der Waals surface area contributed by atoms with Gasteiger partial charge in [0.15, 0.2) is 0 Å². The molecule has 0 heterocycles. The fourth-order valence-corrected chi connectivity index (χ4v) is 4.33. The van der Waals surface area contributed by atoms with Gasteiger partial charge in [0.1, 0.15) is 5.75 Å². The van der Waals surface area contributed by atoms with E-state index in [0.29, 0.717) is 5.02 Å². The summed E-state index contributed by atoms with van der Waals surface area (Å²) in [5, 5.41) is 0.651. The Balaban J connectivity index is 2.02. The summed E-state index contributed by atoms with van der Waals surface area (Å²) in [6, 6.07) is 3.76. The van der Waals surface area contributed by atoms with Crippen LogP contribution >= 0.6 is 39.1 Å². The molecule has 0 aromatic heterocycles. The highest BCUT2D eigenvalue weighted by Gasteiger charge is 2.20. The number of hydrogen-bond donors (Lipinski definition) is 0. The Morgan fingerprint density at radius 2 is 2.00 bits per heavy atom. The Bertz CT molecular complexity index is 444. The van der Waals surface area contributed by atoms with E-state index in [2.05, 4.69) is 15.9 Å². The zero-order valence-electron chi connectivity index (χ0n) is 11.8. The summed E-state index contributed by atoms with van der Waals surface area (Å²) >= 11 is 16.2. The van der Waals surface area contributed by atoms with Crippen LogP contribution in [0.4, 0.5) is 0 Å². The van der Waals surface area contributed by atoms with E-state index in [4.69, 9.17) is 27.9 Å². The van der Waals surface area contributed by atoms with Crippen LogP contribution in [-0.4, -0.2) is 7.11 Å². The first-order valence-corrected chi connectivity index (χ1v) is 8.89. The van der Waals surface area contributed by atoms with Crippen LogP contribution in [0.1, 0.15) is 55.9 Å². The average molecular weight is 380 g/mol. The van der Waals surface area contributed by atoms with Crippen molar-refractivity contribution in [3.8, 4) is 5.75 Å². The van der Waals surface area contributed by atoms with Crippen molar-refractivity contribution in [3.63, 3.8) is 0 Å². The van der Waals surface area contributed by atoms with Gasteiger partial charge in [0.25, 0.3) is 0 Å². The number of methoxy groups -OCH3 is 1. The summed E-state index contributed by atoms with van der Waals surface area (Å²) in [7, 11) is 1.67. The van der Waals surface area contributed by atoms with Gasteiger partial charge in [-0.2, -0.15) is 0 Å². The molecular formula is C16H21BrCl2O. The third-order valence-electron chi connectivity index (χ3n) is 4.13. The lowest BCUT2D eigenvalue weighted by atomic mass is 9.85. The summed E-state index contributed by atoms with van der Waals surface area (Å²) < 4.78 is 6.32. The minimum absolute atomic E-state index is 0.0399. The monoisotopic (exact) mass is 378 g/mol. The van der Waals surface area contributed by atoms with Gasteiger partial charge in [0, 0.05) is 10.6 Å². The highest BCUT2D eigenvalue weighted by molar-refractivity contribution is 9.10. The van der Waals surface area contributed by atoms with Gasteiger partial charge in [-0.15, -0.1) is 11.6 Å². The smallest absolute Gasteiger partial charge is 0.137 e. The Morgan fingerprint density at radius 3 is 2.65 bits per heavy atom. The molecule has 0 bridgehead atoms. The van der Waals surface area contributed by atoms with Crippen LogP contribution < -0.4 is 4.74 Å². The molecule has 1 nitrogen and oxygen atoms in total. The maximum absolute atomic E-state index is 6.59. The first-order valence-electron chi connectivity index (χ1n) is 7.28. The molecule has 0 amide bonds. The highest BCUT2D eigenvalue weighted by Crippen LogP contribution is 2.41. The molecule has 1 fully saturated rings. The third-order valence-corrected chi connectivity index (χ3v) is 5.39. The van der Waals surface area contributed by atoms with Crippen molar-refractivity contribution in [3.05, 3.63) is 27.2 Å². The second-order valence-corrected chi connectivity index (χ2v) is 7.38. The first-order chi connectivity index (χ1) is 9.61. The molecule has 1 atom stereocenters. The molecule has 1 aromatic carbocycles. The number of ether oxygens (including phenoxy) is 1. The number of alkyl halides is 1. The Hall–Kier alpha value is 0.0800. The minimum Gasteiger partial charge on any atom is -0.495 e. The maximum atomic E-state index is 6.59. The molecule has 2 rings (SSSR count). The predicted molar refractivity (Wildman–Crippen MR) is 90.1 cm³/mol. The van der Waals surface area contributed by atoms with E-state index in [1.165, 1.54) is 38.5 Å². The Kier molecular flexibility index (Phi) is 6.51. The molecule has 0 N–H and O–H groups in total. The summed E-state index contributed by atoms with van der Waals surface area (Å²) in [6.45, 7) is 0.